The van der Waals surface area contributed by atoms with Gasteiger partial charge in [0, 0.05) is 78.3 Å². The SMILES string of the molecule is NCC1O[C@H](O[C@@H]2C(N)C[C@@H](N)[C@@H](O)C2O[C@@H]2O[C@H](CSCCOCCSSCCOCCSC[C@H]3O[C@H](O[C@H]4C(N)C[C@H](N)C(O[C@H]5OC(CN)[C@@H](O)C[C@@H]5N)[C@@H]4O)C(O)C(N)[C@@H]3O)[C@H](OC3O[C@@H](CN)[C@@H](O)C(O)[C@H]3N)[C@@H]2O)C(N)[C@@H](O)[C@@H]1O. The van der Waals surface area contributed by atoms with Gasteiger partial charge in [-0.2, -0.15) is 23.5 Å². The Kier molecular flexibility index (Phi) is 29.9. The van der Waals surface area contributed by atoms with Crippen molar-refractivity contribution in [1.82, 2.24) is 0 Å². The van der Waals surface area contributed by atoms with Crippen LogP contribution in [0.1, 0.15) is 19.3 Å². The lowest BCUT2D eigenvalue weighted by Crippen LogP contribution is -2.68. The molecule has 7 rings (SSSR count). The maximum Gasteiger partial charge on any atom is 0.187 e. The number of aliphatic hydroxyl groups is 10. The zero-order valence-corrected chi connectivity index (χ0v) is 51.0. The monoisotopic (exact) mass is 1320 g/mol. The molecular formula is C49H97N11O22S4. The second-order valence-corrected chi connectivity index (χ2v) is 27.7. The van der Waals surface area contributed by atoms with E-state index in [9.17, 15) is 51.1 Å². The minimum Gasteiger partial charge on any atom is -0.390 e. The van der Waals surface area contributed by atoms with Crippen molar-refractivity contribution < 1.29 is 108 Å². The molecule has 0 bridgehead atoms. The summed E-state index contributed by atoms with van der Waals surface area (Å²) in [5.41, 5.74) is 67.7. The highest BCUT2D eigenvalue weighted by atomic mass is 33.1. The standard InChI is InChI=1S/C49H97N11O22S4/c50-12-23-22(61)11-21(57)45(73-23)78-40-18(54)10-19(55)41(38(40)69)79-48-37(68)28(58)32(63)26(76-48)15-83-5-1-71-3-7-85-86-8-4-72-2-6-84-16-27-43(81-47-30(60)36(67)34(65)25(14-52)75-47)39(70)49(77-27)82-44-31(62)17(53)9-20(56)42(44)80-46-29(59)35(66)33(64)24(13-51)74-46/h17-49,61-70H,1-16,50-60H2/t17-,18+,19?,20?,21+,22+,23?,24?,25+,26-,27-,28?,29?,30-,31-,32-,33-,34-,35-,36?,37?,38+,39+,40?,41+,42-,43+,44?,45-,46-,47?,48-,49+/m1/s1. The largest absolute Gasteiger partial charge is 0.390 e. The average molecular weight is 1320 g/mol. The highest BCUT2D eigenvalue weighted by Gasteiger charge is 2.56. The van der Waals surface area contributed by atoms with Crippen molar-refractivity contribution in [3.63, 3.8) is 0 Å². The molecule has 0 spiro atoms. The molecule has 7 aliphatic rings. The minimum absolute atomic E-state index is 0.0224. The molecular weight excluding hydrogens is 1220 g/mol. The third-order valence-corrected chi connectivity index (χ3v) is 20.8. The number of nitrogens with two attached hydrogens (primary N) is 11. The minimum atomic E-state index is -1.57. The van der Waals surface area contributed by atoms with Crippen molar-refractivity contribution in [2.75, 3.05) is 80.6 Å². The van der Waals surface area contributed by atoms with Gasteiger partial charge in [-0.3, -0.25) is 0 Å². The van der Waals surface area contributed by atoms with Gasteiger partial charge in [0.1, 0.15) is 85.5 Å². The van der Waals surface area contributed by atoms with E-state index < -0.39 is 202 Å². The van der Waals surface area contributed by atoms with E-state index >= 15 is 0 Å². The van der Waals surface area contributed by atoms with Gasteiger partial charge in [0.15, 0.2) is 31.5 Å². The summed E-state index contributed by atoms with van der Waals surface area (Å²) < 4.78 is 72.2. The highest BCUT2D eigenvalue weighted by molar-refractivity contribution is 8.76. The fraction of sp³-hybridized carbons (Fsp3) is 1.00. The maximum atomic E-state index is 11.8. The second kappa shape index (κ2) is 35.0. The van der Waals surface area contributed by atoms with Crippen molar-refractivity contribution in [2.24, 2.45) is 63.1 Å². The molecule has 0 aromatic carbocycles. The Morgan fingerprint density at radius 2 is 0.744 bits per heavy atom. The average Bonchev–Trinajstić information content (AvgIpc) is 2.28. The number of aliphatic hydroxyl groups excluding tert-OH is 10. The summed E-state index contributed by atoms with van der Waals surface area (Å²) in [7, 11) is 3.24. The molecule has 0 radical (unpaired) electrons. The molecule has 0 amide bonds. The second-order valence-electron chi connectivity index (χ2n) is 22.7. The Bertz CT molecular complexity index is 1970. The molecule has 86 heavy (non-hydrogen) atoms. The molecule has 7 fully saturated rings. The molecule has 0 aromatic heterocycles. The fourth-order valence-electron chi connectivity index (χ4n) is 11.3. The third-order valence-electron chi connectivity index (χ3n) is 16.4. The van der Waals surface area contributed by atoms with E-state index in [1.165, 1.54) is 23.5 Å². The van der Waals surface area contributed by atoms with Gasteiger partial charge in [-0.15, -0.1) is 0 Å². The molecule has 504 valence electrons. The van der Waals surface area contributed by atoms with Crippen LogP contribution in [0.5, 0.6) is 0 Å². The van der Waals surface area contributed by atoms with Crippen LogP contribution in [0.2, 0.25) is 0 Å². The van der Waals surface area contributed by atoms with E-state index in [1.54, 1.807) is 21.6 Å². The van der Waals surface area contributed by atoms with Crippen molar-refractivity contribution in [1.29, 1.82) is 0 Å². The van der Waals surface area contributed by atoms with Gasteiger partial charge in [-0.1, -0.05) is 21.6 Å². The zero-order chi connectivity index (χ0) is 62.7. The highest BCUT2D eigenvalue weighted by Crippen LogP contribution is 2.37. The summed E-state index contributed by atoms with van der Waals surface area (Å²) in [6, 6.07) is -7.67. The van der Waals surface area contributed by atoms with Crippen molar-refractivity contribution in [3.05, 3.63) is 0 Å². The van der Waals surface area contributed by atoms with Crippen LogP contribution in [0.3, 0.4) is 0 Å². The van der Waals surface area contributed by atoms with E-state index in [1.807, 2.05) is 0 Å². The van der Waals surface area contributed by atoms with Crippen LogP contribution in [0.4, 0.5) is 0 Å². The number of thioether (sulfide) groups is 2. The van der Waals surface area contributed by atoms with Gasteiger partial charge in [0.2, 0.25) is 0 Å². The Hall–Kier alpha value is 0.0800. The third kappa shape index (κ3) is 18.5. The molecule has 0 aromatic rings. The van der Waals surface area contributed by atoms with Crippen LogP contribution in [-0.2, 0) is 56.8 Å². The van der Waals surface area contributed by atoms with E-state index in [4.69, 9.17) is 120 Å². The van der Waals surface area contributed by atoms with Crippen LogP contribution in [0.15, 0.2) is 0 Å². The summed E-state index contributed by atoms with van der Waals surface area (Å²) >= 11 is 2.87. The zero-order valence-electron chi connectivity index (χ0n) is 47.7. The predicted octanol–water partition coefficient (Wildman–Crippen LogP) is -11.3. The Labute approximate surface area is 515 Å². The van der Waals surface area contributed by atoms with E-state index in [0.717, 1.165) is 0 Å². The first-order chi connectivity index (χ1) is 41.0. The quantitative estimate of drug-likeness (QED) is 0.0235. The molecule has 33 atom stereocenters. The van der Waals surface area contributed by atoms with E-state index in [2.05, 4.69) is 0 Å². The van der Waals surface area contributed by atoms with E-state index in [0.29, 0.717) is 49.4 Å². The number of rotatable bonds is 30. The number of hydrogen-bond donors (Lipinski definition) is 21. The van der Waals surface area contributed by atoms with Crippen LogP contribution >= 0.6 is 45.1 Å². The van der Waals surface area contributed by atoms with Gasteiger partial charge < -0.3 is 171 Å². The van der Waals surface area contributed by atoms with Crippen LogP contribution in [0.25, 0.3) is 0 Å². The van der Waals surface area contributed by atoms with Crippen molar-refractivity contribution in [2.45, 2.75) is 221 Å². The molecule has 5 saturated heterocycles. The van der Waals surface area contributed by atoms with Gasteiger partial charge in [0.05, 0.1) is 87.2 Å². The molecule has 37 heteroatoms. The molecule has 2 saturated carbocycles. The van der Waals surface area contributed by atoms with Gasteiger partial charge in [-0.25, -0.2) is 0 Å². The normalized spacial score (nSPS) is 47.8. The molecule has 33 nitrogen and oxygen atoms in total. The fourth-order valence-corrected chi connectivity index (χ4v) is 14.8. The smallest absolute Gasteiger partial charge is 0.187 e. The van der Waals surface area contributed by atoms with Gasteiger partial charge >= 0.3 is 0 Å². The topological polar surface area (TPSA) is 599 Å². The first kappa shape index (κ1) is 73.5. The van der Waals surface area contributed by atoms with Crippen molar-refractivity contribution in [3.8, 4) is 0 Å². The summed E-state index contributed by atoms with van der Waals surface area (Å²) in [4.78, 5) is 0. The van der Waals surface area contributed by atoms with Crippen LogP contribution in [0, 0.1) is 0 Å². The van der Waals surface area contributed by atoms with Crippen molar-refractivity contribution >= 4 is 45.1 Å². The van der Waals surface area contributed by atoms with Gasteiger partial charge in [-0.05, 0) is 19.3 Å². The molecule has 2 aliphatic carbocycles. The number of ether oxygens (including phenoxy) is 12. The Balaban J connectivity index is 0.794. The lowest BCUT2D eigenvalue weighted by molar-refractivity contribution is -0.309. The summed E-state index contributed by atoms with van der Waals surface area (Å²) in [6.07, 6.45) is -30.3. The molecule has 32 N–H and O–H groups in total. The summed E-state index contributed by atoms with van der Waals surface area (Å²) in [5.74, 6) is 2.97. The molecule has 5 aliphatic heterocycles. The Morgan fingerprint density at radius 3 is 1.29 bits per heavy atom. The lowest BCUT2D eigenvalue weighted by Gasteiger charge is -2.48. The predicted molar refractivity (Wildman–Crippen MR) is 314 cm³/mol. The summed E-state index contributed by atoms with van der Waals surface area (Å²) in [6.45, 7) is 1.38. The van der Waals surface area contributed by atoms with Gasteiger partial charge in [0.25, 0.3) is 0 Å². The first-order valence-electron chi connectivity index (χ1n) is 29.1. The first-order valence-corrected chi connectivity index (χ1v) is 33.9. The maximum absolute atomic E-state index is 11.8. The lowest BCUT2D eigenvalue weighted by atomic mass is 9.84. The van der Waals surface area contributed by atoms with Crippen LogP contribution in [-0.4, -0.2) is 334 Å². The Morgan fingerprint density at radius 1 is 0.326 bits per heavy atom. The van der Waals surface area contributed by atoms with Crippen LogP contribution < -0.4 is 63.1 Å². The number of hydrogen-bond acceptors (Lipinski definition) is 37. The molecule has 5 heterocycles. The summed E-state index contributed by atoms with van der Waals surface area (Å²) in [5, 5.41) is 109. The van der Waals surface area contributed by atoms with E-state index in [-0.39, 0.29) is 50.4 Å². The molecule has 11 unspecified atom stereocenters.